The van der Waals surface area contributed by atoms with Crippen molar-refractivity contribution < 1.29 is 4.79 Å². The summed E-state index contributed by atoms with van der Waals surface area (Å²) in [6.07, 6.45) is 3.51. The molecule has 3 N–H and O–H groups in total. The van der Waals surface area contributed by atoms with E-state index in [-0.39, 0.29) is 11.9 Å². The molecule has 0 saturated carbocycles. The molecular weight excluding hydrogens is 238 g/mol. The van der Waals surface area contributed by atoms with Crippen LogP contribution in [-0.2, 0) is 0 Å². The van der Waals surface area contributed by atoms with Crippen molar-refractivity contribution in [2.75, 3.05) is 18.8 Å². The Balaban J connectivity index is 1.73. The zero-order valence-corrected chi connectivity index (χ0v) is 11.4. The van der Waals surface area contributed by atoms with Crippen molar-refractivity contribution in [1.29, 1.82) is 0 Å². The molecule has 2 atom stereocenters. The van der Waals surface area contributed by atoms with Gasteiger partial charge in [0.25, 0.3) is 5.91 Å². The lowest BCUT2D eigenvalue weighted by molar-refractivity contribution is 0.0930. The van der Waals surface area contributed by atoms with Crippen LogP contribution in [0.4, 0.5) is 5.69 Å². The van der Waals surface area contributed by atoms with E-state index in [0.29, 0.717) is 17.3 Å². The van der Waals surface area contributed by atoms with E-state index in [1.54, 1.807) is 6.07 Å². The zero-order valence-electron chi connectivity index (χ0n) is 11.4. The number of hydrogen-bond donors (Lipinski definition) is 2. The van der Waals surface area contributed by atoms with E-state index in [2.05, 4.69) is 10.2 Å². The number of nitrogens with zero attached hydrogens (tertiary/aromatic N) is 1. The Morgan fingerprint density at radius 1 is 1.37 bits per heavy atom. The highest BCUT2D eigenvalue weighted by Gasteiger charge is 2.37. The van der Waals surface area contributed by atoms with Gasteiger partial charge in [0.05, 0.1) is 5.56 Å². The Labute approximate surface area is 114 Å². The second kappa shape index (κ2) is 4.85. The molecule has 0 aliphatic carbocycles. The lowest BCUT2D eigenvalue weighted by Crippen LogP contribution is -2.42. The van der Waals surface area contributed by atoms with Gasteiger partial charge in [-0.1, -0.05) is 11.6 Å². The third kappa shape index (κ3) is 2.32. The fraction of sp³-hybridized carbons (Fsp3) is 0.533. The van der Waals surface area contributed by atoms with Crippen LogP contribution in [0.1, 0.15) is 35.2 Å². The first kappa shape index (κ1) is 12.5. The lowest BCUT2D eigenvalue weighted by atomic mass is 10.0. The third-order valence-electron chi connectivity index (χ3n) is 4.38. The summed E-state index contributed by atoms with van der Waals surface area (Å²) in [6, 6.07) is 6.43. The second-order valence-corrected chi connectivity index (χ2v) is 5.70. The van der Waals surface area contributed by atoms with E-state index < -0.39 is 0 Å². The van der Waals surface area contributed by atoms with Crippen molar-refractivity contribution in [2.24, 2.45) is 0 Å². The minimum atomic E-state index is -0.0278. The summed E-state index contributed by atoms with van der Waals surface area (Å²) in [5.74, 6) is -0.0278. The van der Waals surface area contributed by atoms with Crippen molar-refractivity contribution >= 4 is 11.6 Å². The minimum Gasteiger partial charge on any atom is -0.398 e. The van der Waals surface area contributed by atoms with Gasteiger partial charge in [0.2, 0.25) is 0 Å². The highest BCUT2D eigenvalue weighted by atomic mass is 16.1. The summed E-state index contributed by atoms with van der Waals surface area (Å²) >= 11 is 0. The molecule has 1 aromatic carbocycles. The Hall–Kier alpha value is -1.55. The Morgan fingerprint density at radius 3 is 3.05 bits per heavy atom. The maximum absolute atomic E-state index is 12.4. The SMILES string of the molecule is Cc1ccc(N)c(C(=O)NC2CCN3CCCC23)c1. The lowest BCUT2D eigenvalue weighted by Gasteiger charge is -2.21. The van der Waals surface area contributed by atoms with Gasteiger partial charge in [0.15, 0.2) is 0 Å². The fourth-order valence-electron chi connectivity index (χ4n) is 3.36. The molecule has 0 bridgehead atoms. The maximum Gasteiger partial charge on any atom is 0.253 e. The number of fused-ring (bicyclic) bond motifs is 1. The van der Waals surface area contributed by atoms with Crippen LogP contribution in [0.2, 0.25) is 0 Å². The number of amides is 1. The van der Waals surface area contributed by atoms with E-state index in [1.807, 2.05) is 19.1 Å². The van der Waals surface area contributed by atoms with Gasteiger partial charge in [-0.3, -0.25) is 9.69 Å². The number of anilines is 1. The standard InChI is InChI=1S/C15H21N3O/c1-10-4-5-12(16)11(9-10)15(19)17-13-6-8-18-7-2-3-14(13)18/h4-5,9,13-14H,2-3,6-8,16H2,1H3,(H,17,19). The molecule has 2 aliphatic heterocycles. The van der Waals surface area contributed by atoms with E-state index >= 15 is 0 Å². The van der Waals surface area contributed by atoms with Gasteiger partial charge < -0.3 is 11.1 Å². The maximum atomic E-state index is 12.4. The molecular formula is C15H21N3O. The van der Waals surface area contributed by atoms with Crippen LogP contribution < -0.4 is 11.1 Å². The van der Waals surface area contributed by atoms with E-state index in [4.69, 9.17) is 5.73 Å². The van der Waals surface area contributed by atoms with Gasteiger partial charge in [-0.2, -0.15) is 0 Å². The number of aryl methyl sites for hydroxylation is 1. The summed E-state index contributed by atoms with van der Waals surface area (Å²) in [4.78, 5) is 14.8. The number of nitrogen functional groups attached to an aromatic ring is 1. The van der Waals surface area contributed by atoms with Crippen molar-refractivity contribution in [2.45, 2.75) is 38.3 Å². The number of hydrogen-bond acceptors (Lipinski definition) is 3. The first-order valence-electron chi connectivity index (χ1n) is 7.06. The van der Waals surface area contributed by atoms with E-state index in [9.17, 15) is 4.79 Å². The normalized spacial score (nSPS) is 26.4. The van der Waals surface area contributed by atoms with E-state index in [0.717, 1.165) is 18.5 Å². The average molecular weight is 259 g/mol. The van der Waals surface area contributed by atoms with Gasteiger partial charge in [-0.15, -0.1) is 0 Å². The number of benzene rings is 1. The van der Waals surface area contributed by atoms with Crippen LogP contribution in [0.5, 0.6) is 0 Å². The molecule has 2 aliphatic rings. The van der Waals surface area contributed by atoms with Crippen molar-refractivity contribution in [3.63, 3.8) is 0 Å². The Kier molecular flexibility index (Phi) is 3.19. The highest BCUT2D eigenvalue weighted by molar-refractivity contribution is 5.99. The molecule has 2 heterocycles. The van der Waals surface area contributed by atoms with Crippen LogP contribution in [0.15, 0.2) is 18.2 Å². The van der Waals surface area contributed by atoms with Crippen molar-refractivity contribution in [3.05, 3.63) is 29.3 Å². The summed E-state index contributed by atoms with van der Waals surface area (Å²) in [5, 5.41) is 3.17. The highest BCUT2D eigenvalue weighted by Crippen LogP contribution is 2.28. The second-order valence-electron chi connectivity index (χ2n) is 5.70. The fourth-order valence-corrected chi connectivity index (χ4v) is 3.36. The van der Waals surface area contributed by atoms with Crippen LogP contribution >= 0.6 is 0 Å². The third-order valence-corrected chi connectivity index (χ3v) is 4.38. The number of nitrogens with two attached hydrogens (primary N) is 1. The molecule has 2 fully saturated rings. The van der Waals surface area contributed by atoms with Gasteiger partial charge >= 0.3 is 0 Å². The van der Waals surface area contributed by atoms with Crippen molar-refractivity contribution in [1.82, 2.24) is 10.2 Å². The monoisotopic (exact) mass is 259 g/mol. The van der Waals surface area contributed by atoms with Gasteiger partial charge in [-0.05, 0) is 44.9 Å². The van der Waals surface area contributed by atoms with Crippen LogP contribution in [0.3, 0.4) is 0 Å². The zero-order chi connectivity index (χ0) is 13.4. The molecule has 19 heavy (non-hydrogen) atoms. The molecule has 2 unspecified atom stereocenters. The molecule has 4 nitrogen and oxygen atoms in total. The van der Waals surface area contributed by atoms with Crippen LogP contribution in [0.25, 0.3) is 0 Å². The van der Waals surface area contributed by atoms with E-state index in [1.165, 1.54) is 19.4 Å². The largest absolute Gasteiger partial charge is 0.398 e. The quantitative estimate of drug-likeness (QED) is 0.792. The Bertz CT molecular complexity index is 500. The summed E-state index contributed by atoms with van der Waals surface area (Å²) in [6.45, 7) is 4.27. The summed E-state index contributed by atoms with van der Waals surface area (Å²) < 4.78 is 0. The summed E-state index contributed by atoms with van der Waals surface area (Å²) in [7, 11) is 0. The predicted octanol–water partition coefficient (Wildman–Crippen LogP) is 1.54. The molecule has 0 aromatic heterocycles. The van der Waals surface area contributed by atoms with Gasteiger partial charge in [-0.25, -0.2) is 0 Å². The van der Waals surface area contributed by atoms with Crippen LogP contribution in [0, 0.1) is 6.92 Å². The number of carbonyl (C=O) groups excluding carboxylic acids is 1. The predicted molar refractivity (Wildman–Crippen MR) is 76.1 cm³/mol. The topological polar surface area (TPSA) is 58.4 Å². The molecule has 102 valence electrons. The molecule has 2 saturated heterocycles. The smallest absolute Gasteiger partial charge is 0.253 e. The van der Waals surface area contributed by atoms with Gasteiger partial charge in [0.1, 0.15) is 0 Å². The molecule has 1 amide bonds. The molecule has 0 spiro atoms. The van der Waals surface area contributed by atoms with Gasteiger partial charge in [0, 0.05) is 24.3 Å². The number of nitrogens with one attached hydrogen (secondary N) is 1. The first-order valence-corrected chi connectivity index (χ1v) is 7.06. The minimum absolute atomic E-state index is 0.0278. The average Bonchev–Trinajstić information content (AvgIpc) is 2.97. The molecule has 1 aromatic rings. The summed E-state index contributed by atoms with van der Waals surface area (Å²) in [5.41, 5.74) is 8.13. The number of rotatable bonds is 2. The number of carbonyl (C=O) groups is 1. The van der Waals surface area contributed by atoms with Crippen molar-refractivity contribution in [3.8, 4) is 0 Å². The Morgan fingerprint density at radius 2 is 2.21 bits per heavy atom. The molecule has 3 rings (SSSR count). The molecule has 0 radical (unpaired) electrons. The van der Waals surface area contributed by atoms with Crippen LogP contribution in [-0.4, -0.2) is 36.0 Å². The first-order chi connectivity index (χ1) is 9.15. The molecule has 4 heteroatoms.